The fourth-order valence-corrected chi connectivity index (χ4v) is 1.36. The minimum absolute atomic E-state index is 0.0445. The number of aliphatic hydroxyl groups excluding tert-OH is 1. The molecule has 0 aliphatic carbocycles. The highest BCUT2D eigenvalue weighted by atomic mass is 16.5. The number of nitrogens with one attached hydrogen (secondary N) is 2. The van der Waals surface area contributed by atoms with Gasteiger partial charge in [-0.3, -0.25) is 0 Å². The van der Waals surface area contributed by atoms with E-state index in [1.807, 2.05) is 0 Å². The van der Waals surface area contributed by atoms with Crippen molar-refractivity contribution in [2.24, 2.45) is 0 Å². The van der Waals surface area contributed by atoms with E-state index in [2.05, 4.69) is 15.4 Å². The lowest BCUT2D eigenvalue weighted by Gasteiger charge is -2.16. The number of hydrogen-bond donors (Lipinski definition) is 3. The molecule has 1 rings (SSSR count). The molecule has 7 nitrogen and oxygen atoms in total. The lowest BCUT2D eigenvalue weighted by atomic mass is 10.2. The summed E-state index contributed by atoms with van der Waals surface area (Å²) in [5.74, 6) is -0.680. The second kappa shape index (κ2) is 6.29. The molecule has 0 radical (unpaired) electrons. The van der Waals surface area contributed by atoms with Crippen LogP contribution in [0.5, 0.6) is 0 Å². The lowest BCUT2D eigenvalue weighted by molar-refractivity contribution is -0.143. The van der Waals surface area contributed by atoms with Crippen LogP contribution in [0.25, 0.3) is 0 Å². The summed E-state index contributed by atoms with van der Waals surface area (Å²) in [6, 6.07) is -1.59. The molecular weight excluding hydrogens is 216 g/mol. The van der Waals surface area contributed by atoms with Gasteiger partial charge in [-0.25, -0.2) is 9.59 Å². The fraction of sp³-hybridized carbons (Fsp3) is 0.778. The first kappa shape index (κ1) is 12.7. The number of carbonyl (C=O) groups is 2. The Labute approximate surface area is 93.1 Å². The molecule has 2 atom stereocenters. The zero-order chi connectivity index (χ0) is 12.0. The molecule has 2 amide bonds. The summed E-state index contributed by atoms with van der Waals surface area (Å²) in [4.78, 5) is 22.5. The first-order valence-corrected chi connectivity index (χ1v) is 5.00. The van der Waals surface area contributed by atoms with Gasteiger partial charge in [0.05, 0.1) is 26.4 Å². The zero-order valence-electron chi connectivity index (χ0n) is 9.06. The van der Waals surface area contributed by atoms with Gasteiger partial charge in [-0.2, -0.15) is 0 Å². The van der Waals surface area contributed by atoms with E-state index in [4.69, 9.17) is 9.84 Å². The van der Waals surface area contributed by atoms with E-state index in [1.165, 1.54) is 7.11 Å². The largest absolute Gasteiger partial charge is 0.467 e. The van der Waals surface area contributed by atoms with Crippen molar-refractivity contribution in [3.05, 3.63) is 0 Å². The molecule has 1 aliphatic heterocycles. The smallest absolute Gasteiger partial charge is 0.330 e. The number of amides is 2. The normalized spacial score (nSPS) is 21.2. The Kier molecular flexibility index (Phi) is 5.00. The third-order valence-electron chi connectivity index (χ3n) is 2.24. The quantitative estimate of drug-likeness (QED) is 0.518. The molecule has 92 valence electrons. The van der Waals surface area contributed by atoms with E-state index in [1.54, 1.807) is 0 Å². The van der Waals surface area contributed by atoms with Crippen molar-refractivity contribution in [3.63, 3.8) is 0 Å². The number of ether oxygens (including phenoxy) is 2. The van der Waals surface area contributed by atoms with Crippen molar-refractivity contribution < 1.29 is 24.2 Å². The Morgan fingerprint density at radius 2 is 2.38 bits per heavy atom. The predicted octanol–water partition coefficient (Wildman–Crippen LogP) is -1.39. The molecule has 0 aromatic rings. The average molecular weight is 232 g/mol. The summed E-state index contributed by atoms with van der Waals surface area (Å²) in [6.45, 7) is 0.585. The summed E-state index contributed by atoms with van der Waals surface area (Å²) < 4.78 is 9.48. The van der Waals surface area contributed by atoms with Crippen LogP contribution in [0, 0.1) is 0 Å². The van der Waals surface area contributed by atoms with Crippen molar-refractivity contribution in [2.75, 3.05) is 26.9 Å². The van der Waals surface area contributed by atoms with E-state index in [0.717, 1.165) is 6.42 Å². The van der Waals surface area contributed by atoms with Gasteiger partial charge >= 0.3 is 12.0 Å². The third-order valence-corrected chi connectivity index (χ3v) is 2.24. The van der Waals surface area contributed by atoms with E-state index in [9.17, 15) is 9.59 Å². The molecule has 0 aromatic heterocycles. The maximum absolute atomic E-state index is 11.4. The highest BCUT2D eigenvalue weighted by molar-refractivity contribution is 5.83. The van der Waals surface area contributed by atoms with Gasteiger partial charge in [-0.05, 0) is 6.42 Å². The summed E-state index contributed by atoms with van der Waals surface area (Å²) in [6.07, 6.45) is 0.745. The molecule has 16 heavy (non-hydrogen) atoms. The van der Waals surface area contributed by atoms with Gasteiger partial charge in [-0.1, -0.05) is 0 Å². The van der Waals surface area contributed by atoms with Gasteiger partial charge in [0.1, 0.15) is 0 Å². The van der Waals surface area contributed by atoms with Crippen LogP contribution in [-0.4, -0.2) is 56.1 Å². The van der Waals surface area contributed by atoms with E-state index in [-0.39, 0.29) is 6.04 Å². The Balaban J connectivity index is 2.33. The number of esters is 1. The van der Waals surface area contributed by atoms with Crippen LogP contribution in [0.1, 0.15) is 6.42 Å². The SMILES string of the molecule is COC(=O)C(CO)NC(=O)NC1CCOC1. The second-order valence-corrected chi connectivity index (χ2v) is 3.44. The number of methoxy groups -OCH3 is 1. The van der Waals surface area contributed by atoms with Gasteiger partial charge < -0.3 is 25.2 Å². The van der Waals surface area contributed by atoms with Crippen molar-refractivity contribution in [3.8, 4) is 0 Å². The maximum Gasteiger partial charge on any atom is 0.330 e. The lowest BCUT2D eigenvalue weighted by Crippen LogP contribution is -2.50. The molecule has 3 N–H and O–H groups in total. The molecule has 0 bridgehead atoms. The number of hydrogen-bond acceptors (Lipinski definition) is 5. The molecule has 1 aliphatic rings. The number of rotatable bonds is 4. The molecular formula is C9H16N2O5. The van der Waals surface area contributed by atoms with E-state index < -0.39 is 24.6 Å². The van der Waals surface area contributed by atoms with Gasteiger partial charge in [0.15, 0.2) is 6.04 Å². The summed E-state index contributed by atoms with van der Waals surface area (Å²) in [7, 11) is 1.19. The first-order chi connectivity index (χ1) is 7.67. The number of carbonyl (C=O) groups excluding carboxylic acids is 2. The van der Waals surface area contributed by atoms with Crippen LogP contribution >= 0.6 is 0 Å². The standard InChI is InChI=1S/C9H16N2O5/c1-15-8(13)7(4-12)11-9(14)10-6-2-3-16-5-6/h6-7,12H,2-5H2,1H3,(H2,10,11,14). The van der Waals surface area contributed by atoms with Crippen molar-refractivity contribution in [1.82, 2.24) is 10.6 Å². The first-order valence-electron chi connectivity index (χ1n) is 5.00. The second-order valence-electron chi connectivity index (χ2n) is 3.44. The van der Waals surface area contributed by atoms with Gasteiger partial charge in [0.25, 0.3) is 0 Å². The van der Waals surface area contributed by atoms with E-state index in [0.29, 0.717) is 13.2 Å². The average Bonchev–Trinajstić information content (AvgIpc) is 2.77. The predicted molar refractivity (Wildman–Crippen MR) is 53.8 cm³/mol. The van der Waals surface area contributed by atoms with Crippen LogP contribution in [0.4, 0.5) is 4.79 Å². The molecule has 0 aromatic carbocycles. The molecule has 2 unspecified atom stereocenters. The van der Waals surface area contributed by atoms with Crippen LogP contribution < -0.4 is 10.6 Å². The molecule has 1 heterocycles. The highest BCUT2D eigenvalue weighted by Gasteiger charge is 2.23. The maximum atomic E-state index is 11.4. The monoisotopic (exact) mass is 232 g/mol. The fourth-order valence-electron chi connectivity index (χ4n) is 1.36. The molecule has 0 saturated carbocycles. The van der Waals surface area contributed by atoms with Crippen molar-refractivity contribution >= 4 is 12.0 Å². The molecule has 1 fully saturated rings. The summed E-state index contributed by atoms with van der Waals surface area (Å²) in [5, 5.41) is 13.8. The summed E-state index contributed by atoms with van der Waals surface area (Å²) >= 11 is 0. The number of aliphatic hydroxyl groups is 1. The van der Waals surface area contributed by atoms with Crippen LogP contribution in [0.2, 0.25) is 0 Å². The third kappa shape index (κ3) is 3.67. The number of urea groups is 1. The van der Waals surface area contributed by atoms with Crippen molar-refractivity contribution in [1.29, 1.82) is 0 Å². The van der Waals surface area contributed by atoms with Crippen LogP contribution in [0.15, 0.2) is 0 Å². The van der Waals surface area contributed by atoms with Gasteiger partial charge in [0, 0.05) is 6.61 Å². The summed E-state index contributed by atoms with van der Waals surface area (Å²) in [5.41, 5.74) is 0. The van der Waals surface area contributed by atoms with Crippen LogP contribution in [0.3, 0.4) is 0 Å². The van der Waals surface area contributed by atoms with Gasteiger partial charge in [-0.15, -0.1) is 0 Å². The van der Waals surface area contributed by atoms with E-state index >= 15 is 0 Å². The van der Waals surface area contributed by atoms with Crippen molar-refractivity contribution in [2.45, 2.75) is 18.5 Å². The van der Waals surface area contributed by atoms with Crippen LogP contribution in [-0.2, 0) is 14.3 Å². The van der Waals surface area contributed by atoms with Gasteiger partial charge in [0.2, 0.25) is 0 Å². The minimum Gasteiger partial charge on any atom is -0.467 e. The Hall–Kier alpha value is -1.34. The Morgan fingerprint density at radius 1 is 1.62 bits per heavy atom. The Morgan fingerprint density at radius 3 is 2.88 bits per heavy atom. The zero-order valence-corrected chi connectivity index (χ0v) is 9.06. The topological polar surface area (TPSA) is 96.9 Å². The molecule has 1 saturated heterocycles. The molecule has 7 heteroatoms. The highest BCUT2D eigenvalue weighted by Crippen LogP contribution is 2.02. The molecule has 0 spiro atoms. The Bertz CT molecular complexity index is 252. The minimum atomic E-state index is -1.03.